The molecule has 4 N–H and O–H groups in total. The van der Waals surface area contributed by atoms with E-state index < -0.39 is 0 Å². The highest BCUT2D eigenvalue weighted by Gasteiger charge is 2.11. The van der Waals surface area contributed by atoms with Crippen LogP contribution in [0.2, 0.25) is 0 Å². The van der Waals surface area contributed by atoms with Crippen molar-refractivity contribution in [2.45, 2.75) is 18.9 Å². The Kier molecular flexibility index (Phi) is 5.59. The largest absolute Gasteiger partial charge is 0.349 e. The van der Waals surface area contributed by atoms with Gasteiger partial charge in [0.05, 0.1) is 0 Å². The number of nitrogens with two attached hydrogens (primary N) is 1. The lowest BCUT2D eigenvalue weighted by Crippen LogP contribution is -2.37. The summed E-state index contributed by atoms with van der Waals surface area (Å²) in [6.45, 7) is 0.537. The number of carbonyl (C=O) groups excluding carboxylic acids is 1. The van der Waals surface area contributed by atoms with E-state index in [2.05, 4.69) is 27.4 Å². The number of amides is 1. The topological polar surface area (TPSA) is 83.8 Å². The van der Waals surface area contributed by atoms with Crippen LogP contribution < -0.4 is 11.1 Å². The Morgan fingerprint density at radius 2 is 2.08 bits per heavy atom. The molecule has 5 nitrogen and oxygen atoms in total. The van der Waals surface area contributed by atoms with Crippen LogP contribution >= 0.6 is 0 Å². The number of hydrogen-bond donors (Lipinski definition) is 3. The fourth-order valence-electron chi connectivity index (χ4n) is 2.85. The number of aromatic amines is 1. The summed E-state index contributed by atoms with van der Waals surface area (Å²) >= 11 is 0. The van der Waals surface area contributed by atoms with Gasteiger partial charge >= 0.3 is 0 Å². The van der Waals surface area contributed by atoms with Gasteiger partial charge in [-0.2, -0.15) is 0 Å². The summed E-state index contributed by atoms with van der Waals surface area (Å²) in [5, 5.41) is 4.04. The summed E-state index contributed by atoms with van der Waals surface area (Å²) < 4.78 is 0. The fraction of sp³-hybridized carbons (Fsp3) is 0.200. The maximum absolute atomic E-state index is 12.3. The molecule has 1 aromatic carbocycles. The van der Waals surface area contributed by atoms with E-state index in [4.69, 9.17) is 5.73 Å². The molecule has 1 atom stereocenters. The van der Waals surface area contributed by atoms with Crippen LogP contribution in [-0.4, -0.2) is 28.5 Å². The van der Waals surface area contributed by atoms with Crippen LogP contribution in [0.3, 0.4) is 0 Å². The van der Waals surface area contributed by atoms with Crippen molar-refractivity contribution in [2.24, 2.45) is 5.73 Å². The maximum atomic E-state index is 12.3. The minimum Gasteiger partial charge on any atom is -0.349 e. The van der Waals surface area contributed by atoms with Gasteiger partial charge in [0.25, 0.3) is 0 Å². The molecule has 0 spiro atoms. The molecule has 0 aliphatic carbocycles. The van der Waals surface area contributed by atoms with Crippen molar-refractivity contribution in [1.82, 2.24) is 15.3 Å². The van der Waals surface area contributed by atoms with Crippen molar-refractivity contribution < 1.29 is 4.79 Å². The highest BCUT2D eigenvalue weighted by atomic mass is 16.1. The van der Waals surface area contributed by atoms with Gasteiger partial charge in [0.2, 0.25) is 5.91 Å². The molecule has 5 heteroatoms. The molecule has 1 amide bonds. The number of nitrogens with one attached hydrogen (secondary N) is 2. The number of H-pyrrole nitrogens is 1. The normalized spacial score (nSPS) is 12.5. The monoisotopic (exact) mass is 334 g/mol. The molecule has 128 valence electrons. The number of benzene rings is 1. The van der Waals surface area contributed by atoms with E-state index in [0.29, 0.717) is 6.54 Å². The second kappa shape index (κ2) is 8.26. The van der Waals surface area contributed by atoms with E-state index in [-0.39, 0.29) is 11.9 Å². The molecular formula is C20H22N4O. The minimum atomic E-state index is -0.118. The summed E-state index contributed by atoms with van der Waals surface area (Å²) in [6.07, 6.45) is 8.46. The summed E-state index contributed by atoms with van der Waals surface area (Å²) in [5.74, 6) is -0.118. The van der Waals surface area contributed by atoms with Gasteiger partial charge in [0.15, 0.2) is 0 Å². The first-order chi connectivity index (χ1) is 12.3. The Morgan fingerprint density at radius 3 is 2.88 bits per heavy atom. The minimum absolute atomic E-state index is 0.0224. The lowest BCUT2D eigenvalue weighted by atomic mass is 10.0. The van der Waals surface area contributed by atoms with Crippen molar-refractivity contribution in [1.29, 1.82) is 0 Å². The van der Waals surface area contributed by atoms with Crippen molar-refractivity contribution in [2.75, 3.05) is 6.54 Å². The molecule has 2 aromatic heterocycles. The molecular weight excluding hydrogens is 312 g/mol. The Bertz CT molecular complexity index is 854. The molecule has 3 aromatic rings. The van der Waals surface area contributed by atoms with Crippen LogP contribution in [0.4, 0.5) is 0 Å². The van der Waals surface area contributed by atoms with Crippen LogP contribution in [0.15, 0.2) is 60.9 Å². The number of carbonyl (C=O) groups is 1. The number of hydrogen-bond acceptors (Lipinski definition) is 3. The highest BCUT2D eigenvalue weighted by molar-refractivity contribution is 5.95. The molecule has 0 radical (unpaired) electrons. The van der Waals surface area contributed by atoms with Gasteiger partial charge in [-0.25, -0.2) is 4.98 Å². The molecule has 0 fully saturated rings. The number of nitrogens with zero attached hydrogens (tertiary/aromatic N) is 1. The smallest absolute Gasteiger partial charge is 0.244 e. The van der Waals surface area contributed by atoms with Crippen LogP contribution in [-0.2, 0) is 11.2 Å². The van der Waals surface area contributed by atoms with Gasteiger partial charge in [-0.05, 0) is 43.2 Å². The number of aromatic nitrogens is 2. The molecule has 0 aliphatic heterocycles. The molecule has 0 saturated heterocycles. The van der Waals surface area contributed by atoms with Gasteiger partial charge in [-0.3, -0.25) is 4.79 Å². The Labute approximate surface area is 147 Å². The SMILES string of the molecule is NCC[C@H](Cc1ccccc1)NC(=O)/C=C/c1c[nH]c2ncccc12. The summed E-state index contributed by atoms with van der Waals surface area (Å²) in [5.41, 5.74) is 8.63. The fourth-order valence-corrected chi connectivity index (χ4v) is 2.85. The molecule has 0 bridgehead atoms. The lowest BCUT2D eigenvalue weighted by Gasteiger charge is -2.17. The van der Waals surface area contributed by atoms with Crippen molar-refractivity contribution >= 4 is 23.0 Å². The Balaban J connectivity index is 1.65. The Hall–Kier alpha value is -2.92. The van der Waals surface area contributed by atoms with Gasteiger partial charge < -0.3 is 16.0 Å². The van der Waals surface area contributed by atoms with Gasteiger partial charge in [0, 0.05) is 35.5 Å². The number of fused-ring (bicyclic) bond motifs is 1. The third-order valence-electron chi connectivity index (χ3n) is 4.08. The summed E-state index contributed by atoms with van der Waals surface area (Å²) in [4.78, 5) is 19.6. The van der Waals surface area contributed by atoms with Crippen molar-refractivity contribution in [3.05, 3.63) is 72.1 Å². The maximum Gasteiger partial charge on any atom is 0.244 e. The second-order valence-corrected chi connectivity index (χ2v) is 5.95. The molecule has 3 rings (SSSR count). The van der Waals surface area contributed by atoms with Gasteiger partial charge in [0.1, 0.15) is 5.65 Å². The number of pyridine rings is 1. The first-order valence-corrected chi connectivity index (χ1v) is 8.41. The predicted molar refractivity (Wildman–Crippen MR) is 101 cm³/mol. The van der Waals surface area contributed by atoms with Crippen LogP contribution in [0.25, 0.3) is 17.1 Å². The average Bonchev–Trinajstić information content (AvgIpc) is 3.04. The van der Waals surface area contributed by atoms with Crippen molar-refractivity contribution in [3.63, 3.8) is 0 Å². The molecule has 25 heavy (non-hydrogen) atoms. The molecule has 0 saturated carbocycles. The zero-order valence-electron chi connectivity index (χ0n) is 14.0. The van der Waals surface area contributed by atoms with E-state index >= 15 is 0 Å². The van der Waals surface area contributed by atoms with Crippen LogP contribution in [0.5, 0.6) is 0 Å². The molecule has 2 heterocycles. The van der Waals surface area contributed by atoms with E-state index in [9.17, 15) is 4.79 Å². The van der Waals surface area contributed by atoms with E-state index in [0.717, 1.165) is 29.4 Å². The van der Waals surface area contributed by atoms with E-state index in [1.807, 2.05) is 36.5 Å². The zero-order valence-corrected chi connectivity index (χ0v) is 14.0. The summed E-state index contributed by atoms with van der Waals surface area (Å²) in [7, 11) is 0. The number of rotatable bonds is 7. The van der Waals surface area contributed by atoms with Gasteiger partial charge in [-0.1, -0.05) is 30.3 Å². The highest BCUT2D eigenvalue weighted by Crippen LogP contribution is 2.16. The van der Waals surface area contributed by atoms with E-state index in [1.54, 1.807) is 18.3 Å². The van der Waals surface area contributed by atoms with E-state index in [1.165, 1.54) is 5.56 Å². The third kappa shape index (κ3) is 4.55. The Morgan fingerprint density at radius 1 is 1.24 bits per heavy atom. The quantitative estimate of drug-likeness (QED) is 0.581. The van der Waals surface area contributed by atoms with Crippen molar-refractivity contribution in [3.8, 4) is 0 Å². The van der Waals surface area contributed by atoms with Crippen LogP contribution in [0.1, 0.15) is 17.5 Å². The lowest BCUT2D eigenvalue weighted by molar-refractivity contribution is -0.117. The molecule has 0 unspecified atom stereocenters. The third-order valence-corrected chi connectivity index (χ3v) is 4.08. The predicted octanol–water partition coefficient (Wildman–Crippen LogP) is 2.65. The first-order valence-electron chi connectivity index (χ1n) is 8.41. The first kappa shape index (κ1) is 16.9. The van der Waals surface area contributed by atoms with Crippen LogP contribution in [0, 0.1) is 0 Å². The standard InChI is InChI=1S/C20H22N4O/c21-11-10-17(13-15-5-2-1-3-6-15)24-19(25)9-8-16-14-23-20-18(16)7-4-12-22-20/h1-9,12,14,17H,10-11,13,21H2,(H,22,23)(H,24,25)/b9-8+/t17-/m1/s1. The average molecular weight is 334 g/mol. The van der Waals surface area contributed by atoms with Gasteiger partial charge in [-0.15, -0.1) is 0 Å². The summed E-state index contributed by atoms with van der Waals surface area (Å²) in [6, 6.07) is 14.0. The molecule has 0 aliphatic rings. The zero-order chi connectivity index (χ0) is 17.5. The second-order valence-electron chi connectivity index (χ2n) is 5.95.